The van der Waals surface area contributed by atoms with Crippen molar-refractivity contribution in [3.63, 3.8) is 0 Å². The van der Waals surface area contributed by atoms with E-state index in [4.69, 9.17) is 0 Å². The van der Waals surface area contributed by atoms with Crippen molar-refractivity contribution in [2.75, 3.05) is 6.54 Å². The fourth-order valence-electron chi connectivity index (χ4n) is 2.01. The summed E-state index contributed by atoms with van der Waals surface area (Å²) in [7, 11) is 0. The molecule has 5 heteroatoms. The maximum atomic E-state index is 13.2. The van der Waals surface area contributed by atoms with E-state index in [-0.39, 0.29) is 18.3 Å². The molecule has 0 bridgehead atoms. The lowest BCUT2D eigenvalue weighted by molar-refractivity contribution is -0.123. The Morgan fingerprint density at radius 2 is 2.24 bits per heavy atom. The zero-order valence-electron chi connectivity index (χ0n) is 12.0. The van der Waals surface area contributed by atoms with Crippen molar-refractivity contribution in [1.82, 2.24) is 5.32 Å². The SMILES string of the molecule is CC(C(=O)NCC(C)(O)c1ccsc1)c1cccc(F)c1. The van der Waals surface area contributed by atoms with Gasteiger partial charge in [0, 0.05) is 0 Å². The first kappa shape index (κ1) is 15.7. The number of hydrogen-bond acceptors (Lipinski definition) is 3. The molecule has 2 aromatic rings. The maximum absolute atomic E-state index is 13.2. The normalized spacial score (nSPS) is 15.2. The lowest BCUT2D eigenvalue weighted by Crippen LogP contribution is -2.40. The number of benzene rings is 1. The van der Waals surface area contributed by atoms with Gasteiger partial charge in [0.2, 0.25) is 5.91 Å². The van der Waals surface area contributed by atoms with Gasteiger partial charge in [0.1, 0.15) is 11.4 Å². The molecule has 1 amide bonds. The van der Waals surface area contributed by atoms with Crippen LogP contribution in [-0.2, 0) is 10.4 Å². The molecule has 0 fully saturated rings. The second kappa shape index (κ2) is 6.37. The molecule has 1 aromatic carbocycles. The van der Waals surface area contributed by atoms with Gasteiger partial charge in [0.05, 0.1) is 12.5 Å². The Kier molecular flexibility index (Phi) is 4.75. The van der Waals surface area contributed by atoms with Gasteiger partial charge in [-0.3, -0.25) is 4.79 Å². The summed E-state index contributed by atoms with van der Waals surface area (Å²) in [5.74, 6) is -1.08. The summed E-state index contributed by atoms with van der Waals surface area (Å²) < 4.78 is 13.2. The fourth-order valence-corrected chi connectivity index (χ4v) is 2.80. The van der Waals surface area contributed by atoms with Gasteiger partial charge in [-0.05, 0) is 53.9 Å². The molecule has 112 valence electrons. The minimum Gasteiger partial charge on any atom is -0.384 e. The van der Waals surface area contributed by atoms with Gasteiger partial charge >= 0.3 is 0 Å². The standard InChI is InChI=1S/C16H18FNO2S/c1-11(12-4-3-5-14(17)8-12)15(19)18-10-16(2,20)13-6-7-21-9-13/h3-9,11,20H,10H2,1-2H3,(H,18,19). The smallest absolute Gasteiger partial charge is 0.227 e. The summed E-state index contributed by atoms with van der Waals surface area (Å²) in [4.78, 5) is 12.1. The van der Waals surface area contributed by atoms with Gasteiger partial charge in [-0.25, -0.2) is 4.39 Å². The van der Waals surface area contributed by atoms with Crippen molar-refractivity contribution in [3.8, 4) is 0 Å². The maximum Gasteiger partial charge on any atom is 0.227 e. The van der Waals surface area contributed by atoms with Crippen LogP contribution in [0.3, 0.4) is 0 Å². The Hall–Kier alpha value is -1.72. The summed E-state index contributed by atoms with van der Waals surface area (Å²) >= 11 is 1.49. The Bertz CT molecular complexity index is 610. The zero-order chi connectivity index (χ0) is 15.5. The van der Waals surface area contributed by atoms with Crippen LogP contribution in [0.1, 0.15) is 30.9 Å². The molecule has 2 rings (SSSR count). The largest absolute Gasteiger partial charge is 0.384 e. The van der Waals surface area contributed by atoms with E-state index in [1.807, 2.05) is 16.8 Å². The third-order valence-corrected chi connectivity index (χ3v) is 4.18. The van der Waals surface area contributed by atoms with Crippen molar-refractivity contribution in [3.05, 3.63) is 58.0 Å². The molecule has 0 radical (unpaired) electrons. The van der Waals surface area contributed by atoms with Crippen LogP contribution < -0.4 is 5.32 Å². The van der Waals surface area contributed by atoms with Crippen LogP contribution in [0, 0.1) is 5.82 Å². The van der Waals surface area contributed by atoms with Crippen LogP contribution in [0.4, 0.5) is 4.39 Å². The van der Waals surface area contributed by atoms with Crippen molar-refractivity contribution < 1.29 is 14.3 Å². The molecule has 0 aliphatic carbocycles. The molecule has 1 heterocycles. The highest BCUT2D eigenvalue weighted by molar-refractivity contribution is 7.08. The number of halogens is 1. The lowest BCUT2D eigenvalue weighted by Gasteiger charge is -2.24. The van der Waals surface area contributed by atoms with Crippen molar-refractivity contribution in [1.29, 1.82) is 0 Å². The zero-order valence-corrected chi connectivity index (χ0v) is 12.8. The first-order valence-electron chi connectivity index (χ1n) is 6.68. The first-order valence-corrected chi connectivity index (χ1v) is 7.62. The molecule has 2 atom stereocenters. The highest BCUT2D eigenvalue weighted by Gasteiger charge is 2.25. The average molecular weight is 307 g/mol. The Balaban J connectivity index is 1.98. The number of rotatable bonds is 5. The summed E-state index contributed by atoms with van der Waals surface area (Å²) in [6.45, 7) is 3.48. The molecule has 3 nitrogen and oxygen atoms in total. The molecule has 1 aromatic heterocycles. The minimum atomic E-state index is -1.11. The third kappa shape index (κ3) is 3.89. The Morgan fingerprint density at radius 3 is 2.86 bits per heavy atom. The number of aliphatic hydroxyl groups is 1. The second-order valence-electron chi connectivity index (χ2n) is 5.28. The molecule has 0 aliphatic rings. The van der Waals surface area contributed by atoms with E-state index in [0.29, 0.717) is 5.56 Å². The van der Waals surface area contributed by atoms with E-state index in [1.54, 1.807) is 26.0 Å². The predicted molar refractivity (Wildman–Crippen MR) is 81.7 cm³/mol. The molecule has 2 N–H and O–H groups in total. The molecule has 2 unspecified atom stereocenters. The van der Waals surface area contributed by atoms with Crippen LogP contribution in [0.25, 0.3) is 0 Å². The van der Waals surface area contributed by atoms with Gasteiger partial charge in [-0.1, -0.05) is 12.1 Å². The van der Waals surface area contributed by atoms with E-state index in [0.717, 1.165) is 5.56 Å². The van der Waals surface area contributed by atoms with Crippen LogP contribution in [0.2, 0.25) is 0 Å². The number of carbonyl (C=O) groups excluding carboxylic acids is 1. The Labute approximate surface area is 127 Å². The molecule has 0 spiro atoms. The van der Waals surface area contributed by atoms with Gasteiger partial charge in [0.15, 0.2) is 0 Å². The van der Waals surface area contributed by atoms with Gasteiger partial charge in [-0.15, -0.1) is 0 Å². The van der Waals surface area contributed by atoms with Crippen LogP contribution >= 0.6 is 11.3 Å². The highest BCUT2D eigenvalue weighted by Crippen LogP contribution is 2.23. The van der Waals surface area contributed by atoms with Gasteiger partial charge < -0.3 is 10.4 Å². The van der Waals surface area contributed by atoms with Gasteiger partial charge in [-0.2, -0.15) is 11.3 Å². The van der Waals surface area contributed by atoms with Gasteiger partial charge in [0.25, 0.3) is 0 Å². The number of hydrogen-bond donors (Lipinski definition) is 2. The van der Waals surface area contributed by atoms with E-state index in [2.05, 4.69) is 5.32 Å². The first-order chi connectivity index (χ1) is 9.90. The minimum absolute atomic E-state index is 0.113. The molecule has 0 saturated carbocycles. The molecule has 0 saturated heterocycles. The molecular formula is C16H18FNO2S. The second-order valence-corrected chi connectivity index (χ2v) is 6.06. The summed E-state index contributed by atoms with van der Waals surface area (Å²) in [5, 5.41) is 16.8. The van der Waals surface area contributed by atoms with E-state index < -0.39 is 11.5 Å². The van der Waals surface area contributed by atoms with E-state index in [1.165, 1.54) is 23.5 Å². The van der Waals surface area contributed by atoms with Crippen LogP contribution in [0.15, 0.2) is 41.1 Å². The third-order valence-electron chi connectivity index (χ3n) is 3.49. The lowest BCUT2D eigenvalue weighted by atomic mass is 9.97. The fraction of sp³-hybridized carbons (Fsp3) is 0.312. The summed E-state index contributed by atoms with van der Waals surface area (Å²) in [6, 6.07) is 7.81. The summed E-state index contributed by atoms with van der Waals surface area (Å²) in [6.07, 6.45) is 0. The van der Waals surface area contributed by atoms with Crippen molar-refractivity contribution >= 4 is 17.2 Å². The number of carbonyl (C=O) groups is 1. The van der Waals surface area contributed by atoms with Crippen LogP contribution in [-0.4, -0.2) is 17.6 Å². The summed E-state index contributed by atoms with van der Waals surface area (Å²) in [5.41, 5.74) is 0.269. The van der Waals surface area contributed by atoms with Crippen molar-refractivity contribution in [2.24, 2.45) is 0 Å². The molecule has 21 heavy (non-hydrogen) atoms. The number of thiophene rings is 1. The monoisotopic (exact) mass is 307 g/mol. The number of nitrogens with one attached hydrogen (secondary N) is 1. The van der Waals surface area contributed by atoms with E-state index >= 15 is 0 Å². The van der Waals surface area contributed by atoms with Crippen molar-refractivity contribution in [2.45, 2.75) is 25.4 Å². The molecule has 0 aliphatic heterocycles. The number of amides is 1. The molecular weight excluding hydrogens is 289 g/mol. The predicted octanol–water partition coefficient (Wildman–Crippen LogP) is 3.01. The average Bonchev–Trinajstić information content (AvgIpc) is 2.99. The topological polar surface area (TPSA) is 49.3 Å². The van der Waals surface area contributed by atoms with E-state index in [9.17, 15) is 14.3 Å². The quantitative estimate of drug-likeness (QED) is 0.892. The van der Waals surface area contributed by atoms with Crippen LogP contribution in [0.5, 0.6) is 0 Å². The highest BCUT2D eigenvalue weighted by atomic mass is 32.1. The Morgan fingerprint density at radius 1 is 1.48 bits per heavy atom.